The SMILES string of the molecule is CCOc1ccccc1OCCn1ccsc1=O. The number of aromatic nitrogens is 1. The van der Waals surface area contributed by atoms with Gasteiger partial charge < -0.3 is 14.0 Å². The highest BCUT2D eigenvalue weighted by atomic mass is 32.1. The summed E-state index contributed by atoms with van der Waals surface area (Å²) in [5.41, 5.74) is 0. The van der Waals surface area contributed by atoms with Crippen LogP contribution in [0.2, 0.25) is 0 Å². The first-order valence-corrected chi connectivity index (χ1v) is 6.68. The highest BCUT2D eigenvalue weighted by molar-refractivity contribution is 7.07. The third-order valence-corrected chi connectivity index (χ3v) is 3.08. The molecule has 0 amide bonds. The Hall–Kier alpha value is -1.75. The molecule has 1 heterocycles. The summed E-state index contributed by atoms with van der Waals surface area (Å²) in [5.74, 6) is 1.44. The lowest BCUT2D eigenvalue weighted by atomic mass is 10.3. The second kappa shape index (κ2) is 6.26. The molecule has 1 aromatic heterocycles. The maximum absolute atomic E-state index is 11.3. The van der Waals surface area contributed by atoms with Crippen molar-refractivity contribution < 1.29 is 9.47 Å². The average Bonchev–Trinajstić information content (AvgIpc) is 2.78. The molecule has 96 valence electrons. The van der Waals surface area contributed by atoms with Gasteiger partial charge in [0, 0.05) is 11.6 Å². The van der Waals surface area contributed by atoms with Crippen LogP contribution in [0.15, 0.2) is 40.6 Å². The zero-order valence-corrected chi connectivity index (χ0v) is 11.0. The number of nitrogens with zero attached hydrogens (tertiary/aromatic N) is 1. The first-order chi connectivity index (χ1) is 8.81. The molecule has 0 spiro atoms. The van der Waals surface area contributed by atoms with Crippen molar-refractivity contribution in [3.05, 3.63) is 45.5 Å². The van der Waals surface area contributed by atoms with Gasteiger partial charge in [0.15, 0.2) is 11.5 Å². The molecule has 0 saturated heterocycles. The van der Waals surface area contributed by atoms with E-state index in [1.54, 1.807) is 16.1 Å². The van der Waals surface area contributed by atoms with Crippen LogP contribution in [0.4, 0.5) is 0 Å². The van der Waals surface area contributed by atoms with Gasteiger partial charge in [-0.2, -0.15) is 0 Å². The first kappa shape index (κ1) is 12.7. The van der Waals surface area contributed by atoms with Crippen LogP contribution in [0.3, 0.4) is 0 Å². The second-order valence-corrected chi connectivity index (χ2v) is 4.45. The van der Waals surface area contributed by atoms with E-state index in [1.165, 1.54) is 11.3 Å². The van der Waals surface area contributed by atoms with E-state index in [-0.39, 0.29) is 4.87 Å². The average molecular weight is 265 g/mol. The summed E-state index contributed by atoms with van der Waals surface area (Å²) in [5, 5.41) is 1.77. The van der Waals surface area contributed by atoms with Gasteiger partial charge in [0.05, 0.1) is 13.2 Å². The number of hydrogen-bond donors (Lipinski definition) is 0. The molecule has 0 radical (unpaired) electrons. The Morgan fingerprint density at radius 2 is 1.94 bits per heavy atom. The standard InChI is InChI=1S/C13H15NO3S/c1-2-16-11-5-3-4-6-12(11)17-9-7-14-8-10-18-13(14)15/h3-6,8,10H,2,7,9H2,1H3. The molecular formula is C13H15NO3S. The molecule has 2 rings (SSSR count). The van der Waals surface area contributed by atoms with Crippen molar-refractivity contribution in [2.24, 2.45) is 0 Å². The Morgan fingerprint density at radius 1 is 1.22 bits per heavy atom. The predicted molar refractivity (Wildman–Crippen MR) is 71.7 cm³/mol. The molecular weight excluding hydrogens is 250 g/mol. The van der Waals surface area contributed by atoms with Crippen LogP contribution in [0.1, 0.15) is 6.92 Å². The maximum Gasteiger partial charge on any atom is 0.307 e. The zero-order chi connectivity index (χ0) is 12.8. The number of rotatable bonds is 6. The van der Waals surface area contributed by atoms with Gasteiger partial charge in [-0.3, -0.25) is 4.79 Å². The van der Waals surface area contributed by atoms with Crippen molar-refractivity contribution >= 4 is 11.3 Å². The van der Waals surface area contributed by atoms with Crippen molar-refractivity contribution in [1.29, 1.82) is 0 Å². The molecule has 0 bridgehead atoms. The van der Waals surface area contributed by atoms with E-state index in [4.69, 9.17) is 9.47 Å². The van der Waals surface area contributed by atoms with E-state index in [0.29, 0.717) is 25.5 Å². The molecule has 18 heavy (non-hydrogen) atoms. The minimum Gasteiger partial charge on any atom is -0.490 e. The Kier molecular flexibility index (Phi) is 4.41. The summed E-state index contributed by atoms with van der Waals surface area (Å²) in [7, 11) is 0. The Bertz CT molecular complexity index is 547. The largest absolute Gasteiger partial charge is 0.490 e. The fourth-order valence-electron chi connectivity index (χ4n) is 1.55. The minimum absolute atomic E-state index is 0.0386. The Balaban J connectivity index is 1.94. The summed E-state index contributed by atoms with van der Waals surface area (Å²) in [4.78, 5) is 11.4. The molecule has 0 atom stereocenters. The second-order valence-electron chi connectivity index (χ2n) is 3.59. The monoisotopic (exact) mass is 265 g/mol. The van der Waals surface area contributed by atoms with Crippen LogP contribution in [0.5, 0.6) is 11.5 Å². The Morgan fingerprint density at radius 3 is 2.56 bits per heavy atom. The normalized spacial score (nSPS) is 10.3. The highest BCUT2D eigenvalue weighted by Crippen LogP contribution is 2.26. The molecule has 5 heteroatoms. The van der Waals surface area contributed by atoms with Crippen molar-refractivity contribution in [3.63, 3.8) is 0 Å². The van der Waals surface area contributed by atoms with Crippen LogP contribution in [0, 0.1) is 0 Å². The van der Waals surface area contributed by atoms with Crippen molar-refractivity contribution in [3.8, 4) is 11.5 Å². The number of benzene rings is 1. The molecule has 0 aliphatic carbocycles. The van der Waals surface area contributed by atoms with E-state index in [2.05, 4.69) is 0 Å². The van der Waals surface area contributed by atoms with Crippen LogP contribution in [0.25, 0.3) is 0 Å². The van der Waals surface area contributed by atoms with Crippen LogP contribution in [-0.4, -0.2) is 17.8 Å². The molecule has 1 aromatic carbocycles. The van der Waals surface area contributed by atoms with Gasteiger partial charge in [-0.25, -0.2) is 0 Å². The van der Waals surface area contributed by atoms with Gasteiger partial charge in [-0.05, 0) is 19.1 Å². The first-order valence-electron chi connectivity index (χ1n) is 5.80. The lowest BCUT2D eigenvalue weighted by molar-refractivity contribution is 0.266. The fourth-order valence-corrected chi connectivity index (χ4v) is 2.17. The maximum atomic E-state index is 11.3. The summed E-state index contributed by atoms with van der Waals surface area (Å²) in [6.07, 6.45) is 1.77. The van der Waals surface area contributed by atoms with Crippen molar-refractivity contribution in [2.75, 3.05) is 13.2 Å². The Labute approximate surface area is 109 Å². The molecule has 0 aliphatic rings. The topological polar surface area (TPSA) is 40.5 Å². The summed E-state index contributed by atoms with van der Waals surface area (Å²) >= 11 is 1.19. The number of hydrogen-bond acceptors (Lipinski definition) is 4. The van der Waals surface area contributed by atoms with E-state index in [1.807, 2.05) is 31.2 Å². The van der Waals surface area contributed by atoms with Gasteiger partial charge >= 0.3 is 4.87 Å². The van der Waals surface area contributed by atoms with Gasteiger partial charge in [-0.15, -0.1) is 0 Å². The van der Waals surface area contributed by atoms with Gasteiger partial charge in [0.1, 0.15) is 6.61 Å². The number of para-hydroxylation sites is 2. The lowest BCUT2D eigenvalue weighted by Crippen LogP contribution is -2.16. The van der Waals surface area contributed by atoms with Crippen LogP contribution >= 0.6 is 11.3 Å². The van der Waals surface area contributed by atoms with Gasteiger partial charge in [-0.1, -0.05) is 23.5 Å². The van der Waals surface area contributed by atoms with E-state index in [0.717, 1.165) is 5.75 Å². The molecule has 0 saturated carbocycles. The molecule has 4 nitrogen and oxygen atoms in total. The molecule has 2 aromatic rings. The van der Waals surface area contributed by atoms with E-state index < -0.39 is 0 Å². The van der Waals surface area contributed by atoms with Gasteiger partial charge in [0.2, 0.25) is 0 Å². The number of thiazole rings is 1. The molecule has 0 N–H and O–H groups in total. The van der Waals surface area contributed by atoms with Crippen molar-refractivity contribution in [2.45, 2.75) is 13.5 Å². The third-order valence-electron chi connectivity index (χ3n) is 2.38. The lowest BCUT2D eigenvalue weighted by Gasteiger charge is -2.11. The van der Waals surface area contributed by atoms with E-state index in [9.17, 15) is 4.79 Å². The van der Waals surface area contributed by atoms with Crippen molar-refractivity contribution in [1.82, 2.24) is 4.57 Å². The summed E-state index contributed by atoms with van der Waals surface area (Å²) in [6.45, 7) is 3.52. The highest BCUT2D eigenvalue weighted by Gasteiger charge is 2.03. The fraction of sp³-hybridized carbons (Fsp3) is 0.308. The van der Waals surface area contributed by atoms with E-state index >= 15 is 0 Å². The summed E-state index contributed by atoms with van der Waals surface area (Å²) < 4.78 is 12.7. The minimum atomic E-state index is 0.0386. The third kappa shape index (κ3) is 3.13. The van der Waals surface area contributed by atoms with Gasteiger partial charge in [0.25, 0.3) is 0 Å². The smallest absolute Gasteiger partial charge is 0.307 e. The summed E-state index contributed by atoms with van der Waals surface area (Å²) in [6, 6.07) is 7.53. The number of ether oxygens (including phenoxy) is 2. The predicted octanol–water partition coefficient (Wildman–Crippen LogP) is 2.39. The quantitative estimate of drug-likeness (QED) is 0.805. The molecule has 0 fully saturated rings. The molecule has 0 unspecified atom stereocenters. The zero-order valence-electron chi connectivity index (χ0n) is 10.2. The van der Waals surface area contributed by atoms with Crippen LogP contribution < -0.4 is 14.3 Å². The van der Waals surface area contributed by atoms with Crippen LogP contribution in [-0.2, 0) is 6.54 Å². The molecule has 0 aliphatic heterocycles.